The predicted molar refractivity (Wildman–Crippen MR) is 106 cm³/mol. The van der Waals surface area contributed by atoms with Gasteiger partial charge in [-0.1, -0.05) is 18.2 Å². The van der Waals surface area contributed by atoms with Crippen LogP contribution in [0.25, 0.3) is 0 Å². The van der Waals surface area contributed by atoms with Crippen molar-refractivity contribution in [3.63, 3.8) is 0 Å². The monoisotopic (exact) mass is 392 g/mol. The molecule has 0 bridgehead atoms. The largest absolute Gasteiger partial charge is 0.383 e. The molecule has 1 aromatic rings. The van der Waals surface area contributed by atoms with Crippen molar-refractivity contribution in [2.45, 2.75) is 44.8 Å². The highest BCUT2D eigenvalue weighted by Gasteiger charge is 2.29. The minimum atomic E-state index is -0.285. The van der Waals surface area contributed by atoms with Gasteiger partial charge < -0.3 is 14.4 Å². The normalized spacial score (nSPS) is 21.6. The smallest absolute Gasteiger partial charge is 0.251 e. The van der Waals surface area contributed by atoms with Crippen LogP contribution in [0.2, 0.25) is 0 Å². The molecule has 1 aromatic carbocycles. The first kappa shape index (κ1) is 21.2. The quantitative estimate of drug-likeness (QED) is 0.682. The number of halogens is 1. The SMILES string of the molecule is COCCN(CC1CCN(Cc2ccccc2F)CC1)C(=O)[C@@H]1CCCCO1. The lowest BCUT2D eigenvalue weighted by Crippen LogP contribution is -2.47. The molecule has 0 saturated carbocycles. The number of rotatable bonds is 8. The van der Waals surface area contributed by atoms with Gasteiger partial charge in [-0.15, -0.1) is 0 Å². The predicted octanol–water partition coefficient (Wildman–Crippen LogP) is 3.08. The van der Waals surface area contributed by atoms with E-state index in [4.69, 9.17) is 9.47 Å². The molecule has 0 aromatic heterocycles. The number of hydrogen-bond acceptors (Lipinski definition) is 4. The van der Waals surface area contributed by atoms with Gasteiger partial charge in [0.1, 0.15) is 11.9 Å². The summed E-state index contributed by atoms with van der Waals surface area (Å²) in [4.78, 5) is 17.2. The summed E-state index contributed by atoms with van der Waals surface area (Å²) in [6.45, 7) is 5.13. The number of methoxy groups -OCH3 is 1. The van der Waals surface area contributed by atoms with Gasteiger partial charge in [-0.05, 0) is 57.2 Å². The van der Waals surface area contributed by atoms with Crippen molar-refractivity contribution >= 4 is 5.91 Å². The van der Waals surface area contributed by atoms with E-state index in [0.717, 1.165) is 57.3 Å². The van der Waals surface area contributed by atoms with Crippen LogP contribution in [0.4, 0.5) is 4.39 Å². The molecule has 0 spiro atoms. The molecule has 2 saturated heterocycles. The van der Waals surface area contributed by atoms with Crippen LogP contribution >= 0.6 is 0 Å². The van der Waals surface area contributed by atoms with Crippen molar-refractivity contribution in [3.8, 4) is 0 Å². The second-order valence-corrected chi connectivity index (χ2v) is 7.94. The Morgan fingerprint density at radius 1 is 1.25 bits per heavy atom. The number of likely N-dealkylation sites (tertiary alicyclic amines) is 1. The number of amides is 1. The van der Waals surface area contributed by atoms with Gasteiger partial charge in [-0.3, -0.25) is 9.69 Å². The van der Waals surface area contributed by atoms with Crippen LogP contribution in [-0.2, 0) is 20.8 Å². The molecule has 0 radical (unpaired) electrons. The second kappa shape index (κ2) is 10.9. The summed E-state index contributed by atoms with van der Waals surface area (Å²) in [6, 6.07) is 7.00. The van der Waals surface area contributed by atoms with Crippen molar-refractivity contribution in [2.24, 2.45) is 5.92 Å². The van der Waals surface area contributed by atoms with Crippen LogP contribution < -0.4 is 0 Å². The zero-order valence-electron chi connectivity index (χ0n) is 16.9. The molecule has 6 heteroatoms. The standard InChI is InChI=1S/C22H33FN2O3/c1-27-15-13-25(22(26)21-8-4-5-14-28-21)16-18-9-11-24(12-10-18)17-19-6-2-3-7-20(19)23/h2-3,6-7,18,21H,4-5,8-17H2,1H3/t21-/m0/s1. The summed E-state index contributed by atoms with van der Waals surface area (Å²) in [7, 11) is 1.67. The fourth-order valence-electron chi connectivity index (χ4n) is 4.14. The summed E-state index contributed by atoms with van der Waals surface area (Å²) in [5, 5.41) is 0. The number of carbonyl (C=O) groups is 1. The lowest BCUT2D eigenvalue weighted by molar-refractivity contribution is -0.148. The number of carbonyl (C=O) groups excluding carboxylic acids is 1. The van der Waals surface area contributed by atoms with E-state index in [9.17, 15) is 9.18 Å². The Labute approximate surface area is 167 Å². The molecule has 0 unspecified atom stereocenters. The summed E-state index contributed by atoms with van der Waals surface area (Å²) in [6.07, 6.45) is 4.69. The first-order valence-corrected chi connectivity index (χ1v) is 10.5. The van der Waals surface area contributed by atoms with Gasteiger partial charge in [0.25, 0.3) is 5.91 Å². The molecule has 2 aliphatic heterocycles. The minimum Gasteiger partial charge on any atom is -0.383 e. The molecule has 0 aliphatic carbocycles. The fraction of sp³-hybridized carbons (Fsp3) is 0.682. The zero-order chi connectivity index (χ0) is 19.8. The first-order valence-electron chi connectivity index (χ1n) is 10.5. The van der Waals surface area contributed by atoms with Gasteiger partial charge in [-0.25, -0.2) is 4.39 Å². The molecule has 28 heavy (non-hydrogen) atoms. The van der Waals surface area contributed by atoms with Gasteiger partial charge in [-0.2, -0.15) is 0 Å². The van der Waals surface area contributed by atoms with E-state index >= 15 is 0 Å². The van der Waals surface area contributed by atoms with E-state index in [2.05, 4.69) is 4.90 Å². The molecular weight excluding hydrogens is 359 g/mol. The van der Waals surface area contributed by atoms with Crippen molar-refractivity contribution in [2.75, 3.05) is 46.5 Å². The Kier molecular flexibility index (Phi) is 8.25. The van der Waals surface area contributed by atoms with Crippen molar-refractivity contribution in [1.29, 1.82) is 0 Å². The zero-order valence-corrected chi connectivity index (χ0v) is 16.9. The molecule has 2 fully saturated rings. The van der Waals surface area contributed by atoms with Gasteiger partial charge in [0.15, 0.2) is 0 Å². The highest BCUT2D eigenvalue weighted by Crippen LogP contribution is 2.22. The third kappa shape index (κ3) is 6.00. The number of piperidine rings is 1. The van der Waals surface area contributed by atoms with Gasteiger partial charge in [0.2, 0.25) is 0 Å². The topological polar surface area (TPSA) is 42.0 Å². The van der Waals surface area contributed by atoms with Crippen LogP contribution in [0, 0.1) is 11.7 Å². The molecule has 2 aliphatic rings. The summed E-state index contributed by atoms with van der Waals surface area (Å²) in [5.41, 5.74) is 0.757. The first-order chi connectivity index (χ1) is 13.7. The average molecular weight is 393 g/mol. The summed E-state index contributed by atoms with van der Waals surface area (Å²) >= 11 is 0. The van der Waals surface area contributed by atoms with E-state index in [1.807, 2.05) is 17.0 Å². The summed E-state index contributed by atoms with van der Waals surface area (Å²) < 4.78 is 24.8. The molecule has 0 N–H and O–H groups in total. The molecule has 156 valence electrons. The molecule has 1 atom stereocenters. The third-order valence-corrected chi connectivity index (χ3v) is 5.87. The van der Waals surface area contributed by atoms with Crippen LogP contribution in [0.15, 0.2) is 24.3 Å². The third-order valence-electron chi connectivity index (χ3n) is 5.87. The minimum absolute atomic E-state index is 0.116. The highest BCUT2D eigenvalue weighted by molar-refractivity contribution is 5.81. The number of nitrogens with zero attached hydrogens (tertiary/aromatic N) is 2. The molecule has 1 amide bonds. The Morgan fingerprint density at radius 2 is 2.04 bits per heavy atom. The van der Waals surface area contributed by atoms with Gasteiger partial charge in [0, 0.05) is 38.9 Å². The summed E-state index contributed by atoms with van der Waals surface area (Å²) in [5.74, 6) is 0.459. The van der Waals surface area contributed by atoms with Gasteiger partial charge in [0.05, 0.1) is 6.61 Å². The van der Waals surface area contributed by atoms with E-state index in [1.165, 1.54) is 6.07 Å². The average Bonchev–Trinajstić information content (AvgIpc) is 2.74. The van der Waals surface area contributed by atoms with E-state index < -0.39 is 0 Å². The fourth-order valence-corrected chi connectivity index (χ4v) is 4.14. The van der Waals surface area contributed by atoms with Crippen molar-refractivity contribution < 1.29 is 18.7 Å². The van der Waals surface area contributed by atoms with Crippen LogP contribution in [-0.4, -0.2) is 68.3 Å². The van der Waals surface area contributed by atoms with Crippen molar-refractivity contribution in [3.05, 3.63) is 35.6 Å². The second-order valence-electron chi connectivity index (χ2n) is 7.94. The van der Waals surface area contributed by atoms with Crippen LogP contribution in [0.1, 0.15) is 37.7 Å². The molecule has 2 heterocycles. The maximum absolute atomic E-state index is 13.9. The number of benzene rings is 1. The number of ether oxygens (including phenoxy) is 2. The maximum Gasteiger partial charge on any atom is 0.251 e. The molecule has 5 nitrogen and oxygen atoms in total. The number of hydrogen-bond donors (Lipinski definition) is 0. The Morgan fingerprint density at radius 3 is 2.71 bits per heavy atom. The van der Waals surface area contributed by atoms with E-state index in [1.54, 1.807) is 13.2 Å². The van der Waals surface area contributed by atoms with Crippen LogP contribution in [0.3, 0.4) is 0 Å². The molecular formula is C22H33FN2O3. The van der Waals surface area contributed by atoms with Crippen molar-refractivity contribution in [1.82, 2.24) is 9.80 Å². The van der Waals surface area contributed by atoms with E-state index in [0.29, 0.717) is 32.2 Å². The molecule has 3 rings (SSSR count). The Hall–Kier alpha value is -1.50. The Bertz CT molecular complexity index is 614. The van der Waals surface area contributed by atoms with Crippen LogP contribution in [0.5, 0.6) is 0 Å². The highest BCUT2D eigenvalue weighted by atomic mass is 19.1. The Balaban J connectivity index is 1.50. The van der Waals surface area contributed by atoms with E-state index in [-0.39, 0.29) is 17.8 Å². The lowest BCUT2D eigenvalue weighted by atomic mass is 9.95. The lowest BCUT2D eigenvalue weighted by Gasteiger charge is -2.36. The maximum atomic E-state index is 13.9. The van der Waals surface area contributed by atoms with Gasteiger partial charge >= 0.3 is 0 Å².